The molecule has 3 amide bonds. The van der Waals surface area contributed by atoms with Crippen molar-refractivity contribution in [3.8, 4) is 0 Å². The van der Waals surface area contributed by atoms with E-state index in [2.05, 4.69) is 57.9 Å². The molecule has 2 aliphatic rings. The summed E-state index contributed by atoms with van der Waals surface area (Å²) in [6.45, 7) is -0.847. The SMILES string of the molecule is CNc1cncc(C(=O)N2C[C@H](Nc3c(C(=O)N4CCCC(F)(F)C4)cc(Br)cc3[N+](=O)[O-])C[C@H]2C(=O)Nc2nn(C)cc2Br)c1. The third kappa shape index (κ3) is 7.11. The Labute approximate surface area is 278 Å². The molecule has 0 bridgehead atoms. The zero-order valence-corrected chi connectivity index (χ0v) is 27.8. The number of nitrogens with zero attached hydrogens (tertiary/aromatic N) is 6. The number of rotatable bonds is 8. The molecule has 3 aromatic rings. The van der Waals surface area contributed by atoms with E-state index >= 15 is 0 Å². The molecule has 5 rings (SSSR count). The van der Waals surface area contributed by atoms with Gasteiger partial charge in [-0.3, -0.25) is 34.2 Å². The molecule has 46 heavy (non-hydrogen) atoms. The van der Waals surface area contributed by atoms with Crippen LogP contribution in [0.15, 0.2) is 45.7 Å². The molecule has 18 heteroatoms. The van der Waals surface area contributed by atoms with Crippen molar-refractivity contribution in [1.29, 1.82) is 0 Å². The number of hydrogen-bond acceptors (Lipinski definition) is 9. The van der Waals surface area contributed by atoms with Gasteiger partial charge in [-0.2, -0.15) is 5.10 Å². The van der Waals surface area contributed by atoms with Crippen LogP contribution in [-0.4, -0.2) is 91.9 Å². The number of anilines is 3. The number of nitro benzene ring substituents is 1. The lowest BCUT2D eigenvalue weighted by Gasteiger charge is -2.33. The topological polar surface area (TPSA) is 168 Å². The zero-order valence-electron chi connectivity index (χ0n) is 24.6. The average Bonchev–Trinajstić information content (AvgIpc) is 3.57. The number of halogens is 4. The number of aromatic nitrogens is 3. The molecular weight excluding hydrogens is 740 g/mol. The number of aryl methyl sites for hydroxylation is 1. The molecule has 2 aromatic heterocycles. The van der Waals surface area contributed by atoms with Crippen molar-refractivity contribution >= 4 is 72.5 Å². The van der Waals surface area contributed by atoms with E-state index in [1.807, 2.05) is 0 Å². The van der Waals surface area contributed by atoms with Crippen LogP contribution in [-0.2, 0) is 11.8 Å². The summed E-state index contributed by atoms with van der Waals surface area (Å²) >= 11 is 6.54. The predicted octanol–water partition coefficient (Wildman–Crippen LogP) is 4.50. The highest BCUT2D eigenvalue weighted by Gasteiger charge is 2.43. The van der Waals surface area contributed by atoms with Crippen LogP contribution in [0.25, 0.3) is 0 Å². The normalized spacial score (nSPS) is 19.1. The second kappa shape index (κ2) is 13.3. The summed E-state index contributed by atoms with van der Waals surface area (Å²) in [6, 6.07) is 2.28. The summed E-state index contributed by atoms with van der Waals surface area (Å²) in [5, 5.41) is 25.0. The van der Waals surface area contributed by atoms with Crippen LogP contribution in [0.4, 0.5) is 31.7 Å². The van der Waals surface area contributed by atoms with Crippen LogP contribution in [0.2, 0.25) is 0 Å². The number of pyridine rings is 1. The Morgan fingerprint density at radius 1 is 1.15 bits per heavy atom. The van der Waals surface area contributed by atoms with Gasteiger partial charge >= 0.3 is 0 Å². The summed E-state index contributed by atoms with van der Waals surface area (Å²) in [6.07, 6.45) is 4.22. The quantitative estimate of drug-likeness (QED) is 0.221. The number of alkyl halides is 2. The van der Waals surface area contributed by atoms with Gasteiger partial charge in [0.2, 0.25) is 5.91 Å². The van der Waals surface area contributed by atoms with Crippen LogP contribution in [0.5, 0.6) is 0 Å². The van der Waals surface area contributed by atoms with E-state index in [1.165, 1.54) is 34.1 Å². The molecule has 0 unspecified atom stereocenters. The lowest BCUT2D eigenvalue weighted by Crippen LogP contribution is -2.46. The second-order valence-electron chi connectivity index (χ2n) is 11.0. The molecule has 2 aliphatic heterocycles. The first kappa shape index (κ1) is 33.2. The van der Waals surface area contributed by atoms with E-state index in [1.54, 1.807) is 26.4 Å². The fourth-order valence-corrected chi connectivity index (χ4v) is 6.51. The number of likely N-dealkylation sites (tertiary alicyclic amines) is 2. The van der Waals surface area contributed by atoms with E-state index in [9.17, 15) is 33.3 Å². The molecule has 0 saturated carbocycles. The van der Waals surface area contributed by atoms with Gasteiger partial charge in [-0.25, -0.2) is 8.78 Å². The standard InChI is InChI=1S/C28H29Br2F2N9O5/c1-33-17-6-15(10-34-11-17)26(43)40-12-18(9-22(40)25(42)36-24-20(30)13-38(2)37-24)35-23-19(7-16(29)8-21(23)41(45)46)27(44)39-5-3-4-28(31,32)14-39/h6-8,10-11,13,18,22,33,35H,3-5,9,12,14H2,1-2H3,(H,36,37,42)/t18-,22+/m1/s1. The lowest BCUT2D eigenvalue weighted by molar-refractivity contribution is -0.384. The Morgan fingerprint density at radius 2 is 1.91 bits per heavy atom. The van der Waals surface area contributed by atoms with E-state index < -0.39 is 52.9 Å². The first-order valence-corrected chi connectivity index (χ1v) is 15.7. The molecule has 2 atom stereocenters. The van der Waals surface area contributed by atoms with E-state index in [0.29, 0.717) is 10.2 Å². The minimum absolute atomic E-state index is 0.0101. The zero-order chi connectivity index (χ0) is 33.3. The van der Waals surface area contributed by atoms with Gasteiger partial charge in [-0.05, 0) is 40.9 Å². The third-order valence-electron chi connectivity index (χ3n) is 7.70. The van der Waals surface area contributed by atoms with Crippen molar-refractivity contribution in [2.24, 2.45) is 7.05 Å². The van der Waals surface area contributed by atoms with Gasteiger partial charge in [0.25, 0.3) is 23.4 Å². The molecule has 0 spiro atoms. The second-order valence-corrected chi connectivity index (χ2v) is 12.8. The molecular formula is C28H29Br2F2N9O5. The Bertz CT molecular complexity index is 1710. The number of carbonyl (C=O) groups excluding carboxylic acids is 3. The molecule has 2 saturated heterocycles. The number of carbonyl (C=O) groups is 3. The minimum atomic E-state index is -3.09. The Balaban J connectivity index is 1.49. The van der Waals surface area contributed by atoms with Gasteiger partial charge < -0.3 is 25.8 Å². The van der Waals surface area contributed by atoms with E-state index in [-0.39, 0.29) is 59.5 Å². The molecule has 2 fully saturated rings. The molecule has 1 aromatic carbocycles. The smallest absolute Gasteiger partial charge is 0.294 e. The minimum Gasteiger partial charge on any atom is -0.387 e. The highest BCUT2D eigenvalue weighted by molar-refractivity contribution is 9.10. The van der Waals surface area contributed by atoms with Crippen molar-refractivity contribution in [3.05, 3.63) is 67.0 Å². The maximum absolute atomic E-state index is 14.2. The van der Waals surface area contributed by atoms with E-state index in [4.69, 9.17) is 0 Å². The number of amides is 3. The number of hydrogen-bond donors (Lipinski definition) is 3. The van der Waals surface area contributed by atoms with Crippen LogP contribution in [0, 0.1) is 10.1 Å². The molecule has 244 valence electrons. The number of nitro groups is 1. The van der Waals surface area contributed by atoms with Crippen LogP contribution in [0.3, 0.4) is 0 Å². The molecule has 4 heterocycles. The number of benzene rings is 1. The predicted molar refractivity (Wildman–Crippen MR) is 171 cm³/mol. The first-order chi connectivity index (χ1) is 21.8. The van der Waals surface area contributed by atoms with Gasteiger partial charge in [0.15, 0.2) is 5.82 Å². The lowest BCUT2D eigenvalue weighted by atomic mass is 10.0. The summed E-state index contributed by atoms with van der Waals surface area (Å²) < 4.78 is 30.7. The Hall–Kier alpha value is -4.19. The number of piperidine rings is 1. The van der Waals surface area contributed by atoms with Crippen LogP contribution < -0.4 is 16.0 Å². The van der Waals surface area contributed by atoms with Gasteiger partial charge in [-0.15, -0.1) is 0 Å². The third-order valence-corrected chi connectivity index (χ3v) is 8.74. The largest absolute Gasteiger partial charge is 0.387 e. The molecule has 14 nitrogen and oxygen atoms in total. The van der Waals surface area contributed by atoms with Crippen molar-refractivity contribution in [2.75, 3.05) is 42.6 Å². The average molecular weight is 769 g/mol. The van der Waals surface area contributed by atoms with E-state index in [0.717, 1.165) is 4.90 Å². The van der Waals surface area contributed by atoms with Crippen molar-refractivity contribution < 1.29 is 28.1 Å². The maximum Gasteiger partial charge on any atom is 0.294 e. The first-order valence-electron chi connectivity index (χ1n) is 14.1. The fraction of sp³-hybridized carbons (Fsp3) is 0.393. The van der Waals surface area contributed by atoms with Gasteiger partial charge in [0, 0.05) is 68.8 Å². The van der Waals surface area contributed by atoms with Crippen LogP contribution in [0.1, 0.15) is 40.0 Å². The highest BCUT2D eigenvalue weighted by atomic mass is 79.9. The van der Waals surface area contributed by atoms with Crippen LogP contribution >= 0.6 is 31.9 Å². The van der Waals surface area contributed by atoms with Gasteiger partial charge in [0.05, 0.1) is 32.8 Å². The molecule has 0 radical (unpaired) electrons. The molecule has 3 N–H and O–H groups in total. The fourth-order valence-electron chi connectivity index (χ4n) is 5.59. The Kier molecular flexibility index (Phi) is 9.57. The summed E-state index contributed by atoms with van der Waals surface area (Å²) in [7, 11) is 3.33. The highest BCUT2D eigenvalue weighted by Crippen LogP contribution is 2.37. The summed E-state index contributed by atoms with van der Waals surface area (Å²) in [4.78, 5) is 58.9. The summed E-state index contributed by atoms with van der Waals surface area (Å²) in [5.41, 5.74) is -0.101. The number of nitrogens with one attached hydrogen (secondary N) is 3. The maximum atomic E-state index is 14.2. The van der Waals surface area contributed by atoms with Gasteiger partial charge in [-0.1, -0.05) is 15.9 Å². The monoisotopic (exact) mass is 767 g/mol. The molecule has 0 aliphatic carbocycles. The summed E-state index contributed by atoms with van der Waals surface area (Å²) in [5.74, 6) is -4.75. The Morgan fingerprint density at radius 3 is 2.57 bits per heavy atom. The van der Waals surface area contributed by atoms with Crippen molar-refractivity contribution in [3.63, 3.8) is 0 Å². The van der Waals surface area contributed by atoms with Gasteiger partial charge in [0.1, 0.15) is 11.7 Å². The van der Waals surface area contributed by atoms with Crippen molar-refractivity contribution in [2.45, 2.75) is 37.3 Å². The van der Waals surface area contributed by atoms with Crippen molar-refractivity contribution in [1.82, 2.24) is 24.6 Å².